The molecular weight excluding hydrogens is 883 g/mol. The van der Waals surface area contributed by atoms with Crippen LogP contribution in [0.5, 0.6) is 5.75 Å². The number of hydrogen-bond donors (Lipinski definition) is 4. The van der Waals surface area contributed by atoms with Crippen molar-refractivity contribution in [2.24, 2.45) is 12.2 Å². The number of aromatic nitrogens is 4. The minimum absolute atomic E-state index is 0.120. The molecule has 0 radical (unpaired) electrons. The number of amides is 4. The van der Waals surface area contributed by atoms with Crippen molar-refractivity contribution in [2.45, 2.75) is 124 Å². The number of anilines is 1. The van der Waals surface area contributed by atoms with Crippen LogP contribution in [0.4, 0.5) is 14.7 Å². The minimum Gasteiger partial charge on any atom is -0.489 e. The zero-order chi connectivity index (χ0) is 48.0. The van der Waals surface area contributed by atoms with Crippen molar-refractivity contribution in [3.05, 3.63) is 42.5 Å². The maximum atomic E-state index is 13.8. The van der Waals surface area contributed by atoms with Crippen LogP contribution < -0.4 is 25.4 Å². The number of hydrogen-bond acceptors (Lipinski definition) is 17. The molecule has 0 aliphatic carbocycles. The number of nitrogens with zero attached hydrogens (tertiary/aromatic N) is 6. The number of nitrogens with one attached hydrogen (secondary N) is 3. The van der Waals surface area contributed by atoms with Crippen LogP contribution in [0.1, 0.15) is 88.4 Å². The Kier molecular flexibility index (Phi) is 15.7. The van der Waals surface area contributed by atoms with E-state index in [-0.39, 0.29) is 5.13 Å². The number of hydroxylamine groups is 2. The second-order valence-electron chi connectivity index (χ2n) is 17.9. The third-order valence-electron chi connectivity index (χ3n) is 8.36. The lowest BCUT2D eigenvalue weighted by Gasteiger charge is -2.50. The van der Waals surface area contributed by atoms with Crippen molar-refractivity contribution in [3.8, 4) is 16.9 Å². The fourth-order valence-electron chi connectivity index (χ4n) is 5.58. The normalized spacial score (nSPS) is 16.0. The number of ether oxygens (including phenoxy) is 4. The van der Waals surface area contributed by atoms with Crippen LogP contribution in [0, 0.1) is 0 Å². The molecule has 64 heavy (non-hydrogen) atoms. The van der Waals surface area contributed by atoms with E-state index >= 15 is 0 Å². The third-order valence-corrected chi connectivity index (χ3v) is 9.33. The standard InChI is InChI=1S/C39H55N9O14S2/c1-36(2,3)58-32(51)26(22-57-25-16-14-23(15-17-25)24-20-46(12)47(21-24)19-13-18-40-34(52)59-37(4,5)6)61-44-27(29-42-33(63-45-29)43-35(53)60-38(7,8)9)30(49)41-28-31(50)48(39(28,10)11)62-64(54,55)56/h14-17,20-21,26,28H,13,18-19,22H2,1-12H3,(H3-,40,41,42,43,45,49,52,53,54,55,56)/p+1/b44-27-. The first kappa shape index (κ1) is 50.7. The van der Waals surface area contributed by atoms with E-state index in [2.05, 4.69) is 34.7 Å². The first-order valence-electron chi connectivity index (χ1n) is 19.8. The maximum absolute atomic E-state index is 13.8. The van der Waals surface area contributed by atoms with Crippen molar-refractivity contribution in [3.63, 3.8) is 0 Å². The lowest BCUT2D eigenvalue weighted by molar-refractivity contribution is -0.753. The summed E-state index contributed by atoms with van der Waals surface area (Å²) in [6, 6.07) is 5.55. The summed E-state index contributed by atoms with van der Waals surface area (Å²) in [7, 11) is -3.20. The molecular formula is C39H56N9O14S2+. The number of rotatable bonds is 17. The second-order valence-corrected chi connectivity index (χ2v) is 19.6. The van der Waals surface area contributed by atoms with E-state index in [4.69, 9.17) is 28.3 Å². The van der Waals surface area contributed by atoms with Crippen LogP contribution in [0.2, 0.25) is 0 Å². The number of alkyl carbamates (subject to hydrolysis) is 1. The van der Waals surface area contributed by atoms with E-state index in [1.165, 1.54) is 13.8 Å². The Balaban J connectivity index is 1.53. The third kappa shape index (κ3) is 15.1. The SMILES string of the molecule is C[n+]1cc(-c2ccc(OCC(O/N=C(\C(=O)NC3C(=O)N(OS(=O)(=O)O)C3(C)C)c3nsc(NC(=O)OC(C)(C)C)n3)C(=O)OC(C)(C)C)cc2)cn1CCCNC(=O)OC(C)(C)C. The highest BCUT2D eigenvalue weighted by Gasteiger charge is 2.58. The number of aryl methyl sites for hydroxylation is 2. The van der Waals surface area contributed by atoms with Crippen molar-refractivity contribution in [1.29, 1.82) is 0 Å². The minimum atomic E-state index is -5.09. The number of β-lactam (4-membered cyclic amide) rings is 1. The summed E-state index contributed by atoms with van der Waals surface area (Å²) in [6.45, 7) is 18.5. The fourth-order valence-corrected chi connectivity index (χ4v) is 6.59. The van der Waals surface area contributed by atoms with Gasteiger partial charge in [0.2, 0.25) is 22.9 Å². The zero-order valence-electron chi connectivity index (χ0n) is 37.7. The summed E-state index contributed by atoms with van der Waals surface area (Å²) in [4.78, 5) is 74.3. The zero-order valence-corrected chi connectivity index (χ0v) is 39.3. The van der Waals surface area contributed by atoms with Crippen LogP contribution >= 0.6 is 11.5 Å². The maximum Gasteiger partial charge on any atom is 0.418 e. The highest BCUT2D eigenvalue weighted by Crippen LogP contribution is 2.33. The van der Waals surface area contributed by atoms with Crippen molar-refractivity contribution in [2.75, 3.05) is 18.5 Å². The fraction of sp³-hybridized carbons (Fsp3) is 0.564. The Morgan fingerprint density at radius 1 is 0.953 bits per heavy atom. The van der Waals surface area contributed by atoms with Gasteiger partial charge in [0, 0.05) is 18.1 Å². The summed E-state index contributed by atoms with van der Waals surface area (Å²) >= 11 is 0.643. The number of carbonyl (C=O) groups excluding carboxylic acids is 5. The van der Waals surface area contributed by atoms with Gasteiger partial charge in [0.15, 0.2) is 7.05 Å². The van der Waals surface area contributed by atoms with Gasteiger partial charge >= 0.3 is 28.6 Å². The summed E-state index contributed by atoms with van der Waals surface area (Å²) in [6.07, 6.45) is 1.60. The molecule has 25 heteroatoms. The molecule has 1 aliphatic rings. The van der Waals surface area contributed by atoms with Crippen LogP contribution in [0.15, 0.2) is 41.8 Å². The summed E-state index contributed by atoms with van der Waals surface area (Å²) < 4.78 is 66.2. The highest BCUT2D eigenvalue weighted by molar-refractivity contribution is 7.80. The predicted octanol–water partition coefficient (Wildman–Crippen LogP) is 3.44. The van der Waals surface area contributed by atoms with E-state index in [1.54, 1.807) is 74.4 Å². The molecule has 0 bridgehead atoms. The lowest BCUT2D eigenvalue weighted by Crippen LogP contribution is -2.76. The molecule has 4 rings (SSSR count). The monoisotopic (exact) mass is 938 g/mol. The van der Waals surface area contributed by atoms with E-state index < -0.39 is 93.0 Å². The molecule has 1 fully saturated rings. The van der Waals surface area contributed by atoms with Crippen LogP contribution in [-0.4, -0.2) is 115 Å². The van der Waals surface area contributed by atoms with E-state index in [0.29, 0.717) is 41.9 Å². The van der Waals surface area contributed by atoms with Gasteiger partial charge in [0.1, 0.15) is 35.2 Å². The molecule has 3 aromatic rings. The Bertz CT molecular complexity index is 2320. The van der Waals surface area contributed by atoms with Gasteiger partial charge < -0.3 is 34.4 Å². The molecule has 2 aromatic heterocycles. The van der Waals surface area contributed by atoms with Crippen LogP contribution in [0.3, 0.4) is 0 Å². The summed E-state index contributed by atoms with van der Waals surface area (Å²) in [5.41, 5.74) is -2.88. The molecule has 0 saturated carbocycles. The van der Waals surface area contributed by atoms with Gasteiger partial charge in [0.25, 0.3) is 17.9 Å². The average Bonchev–Trinajstić information content (AvgIpc) is 3.75. The number of esters is 1. The first-order chi connectivity index (χ1) is 29.4. The van der Waals surface area contributed by atoms with Gasteiger partial charge in [-0.1, -0.05) is 17.3 Å². The van der Waals surface area contributed by atoms with Gasteiger partial charge in [0.05, 0.1) is 23.8 Å². The first-order valence-corrected chi connectivity index (χ1v) is 21.9. The van der Waals surface area contributed by atoms with E-state index in [0.717, 1.165) is 11.1 Å². The largest absolute Gasteiger partial charge is 0.489 e. The summed E-state index contributed by atoms with van der Waals surface area (Å²) in [5, 5.41) is 11.7. The quantitative estimate of drug-likeness (QED) is 0.0220. The molecule has 1 aliphatic heterocycles. The van der Waals surface area contributed by atoms with Gasteiger partial charge in [-0.05, 0) is 100 Å². The van der Waals surface area contributed by atoms with Crippen molar-refractivity contribution >= 4 is 62.7 Å². The molecule has 1 saturated heterocycles. The van der Waals surface area contributed by atoms with Crippen LogP contribution in [0.25, 0.3) is 11.1 Å². The van der Waals surface area contributed by atoms with E-state index in [9.17, 15) is 32.4 Å². The molecule has 2 unspecified atom stereocenters. The molecule has 4 N–H and O–H groups in total. The topological polar surface area (TPSA) is 281 Å². The number of benzene rings is 1. The smallest absolute Gasteiger partial charge is 0.418 e. The van der Waals surface area contributed by atoms with Gasteiger partial charge in [-0.3, -0.25) is 19.5 Å². The lowest BCUT2D eigenvalue weighted by atomic mass is 9.84. The average molecular weight is 939 g/mol. The summed E-state index contributed by atoms with van der Waals surface area (Å²) in [5.74, 6) is -3.17. The molecule has 352 valence electrons. The molecule has 2 atom stereocenters. The Morgan fingerprint density at radius 2 is 1.56 bits per heavy atom. The van der Waals surface area contributed by atoms with Crippen molar-refractivity contribution in [1.82, 2.24) is 29.7 Å². The Morgan fingerprint density at radius 3 is 2.14 bits per heavy atom. The van der Waals surface area contributed by atoms with E-state index in [1.807, 2.05) is 40.9 Å². The molecule has 4 amide bonds. The Hall–Kier alpha value is -5.92. The second kappa shape index (κ2) is 19.9. The number of carbonyl (C=O) groups is 5. The molecule has 1 aromatic carbocycles. The number of oxime groups is 1. The van der Waals surface area contributed by atoms with Gasteiger partial charge in [-0.2, -0.15) is 27.5 Å². The van der Waals surface area contributed by atoms with Crippen molar-refractivity contribution < 1.29 is 69.7 Å². The highest BCUT2D eigenvalue weighted by atomic mass is 32.3. The Labute approximate surface area is 374 Å². The molecule has 23 nitrogen and oxygen atoms in total. The molecule has 0 spiro atoms. The van der Waals surface area contributed by atoms with Gasteiger partial charge in [-0.25, -0.2) is 14.4 Å². The van der Waals surface area contributed by atoms with Gasteiger partial charge in [-0.15, -0.1) is 8.97 Å². The molecule has 3 heterocycles. The predicted molar refractivity (Wildman–Crippen MR) is 228 cm³/mol. The van der Waals surface area contributed by atoms with Crippen LogP contribution in [-0.2, 0) is 61.7 Å².